The summed E-state index contributed by atoms with van der Waals surface area (Å²) in [6.07, 6.45) is 0.167. The first kappa shape index (κ1) is 18.9. The number of non-ortho nitro benzene ring substituents is 1. The van der Waals surface area contributed by atoms with Gasteiger partial charge in [0.2, 0.25) is 5.91 Å². The summed E-state index contributed by atoms with van der Waals surface area (Å²) in [4.78, 5) is 24.4. The average molecular weight is 362 g/mol. The number of amides is 1. The van der Waals surface area contributed by atoms with Crippen molar-refractivity contribution in [2.24, 2.45) is 0 Å². The molecule has 0 saturated heterocycles. The molecule has 7 heteroatoms. The van der Waals surface area contributed by atoms with Crippen LogP contribution in [0.2, 0.25) is 5.02 Å². The van der Waals surface area contributed by atoms with Gasteiger partial charge in [-0.25, -0.2) is 0 Å². The smallest absolute Gasteiger partial charge is 0.269 e. The lowest BCUT2D eigenvalue weighted by molar-refractivity contribution is -0.384. The molecule has 132 valence electrons. The highest BCUT2D eigenvalue weighted by molar-refractivity contribution is 6.31. The first-order valence-electron chi connectivity index (χ1n) is 7.79. The van der Waals surface area contributed by atoms with Gasteiger partial charge in [0.25, 0.3) is 5.69 Å². The average Bonchev–Trinajstić information content (AvgIpc) is 2.56. The van der Waals surface area contributed by atoms with E-state index in [9.17, 15) is 14.9 Å². The zero-order valence-electron chi connectivity index (χ0n) is 14.1. The Morgan fingerprint density at radius 3 is 2.40 bits per heavy atom. The maximum absolute atomic E-state index is 12.2. The third kappa shape index (κ3) is 5.27. The van der Waals surface area contributed by atoms with Gasteiger partial charge >= 0.3 is 0 Å². The summed E-state index contributed by atoms with van der Waals surface area (Å²) in [6.45, 7) is 0.419. The fourth-order valence-corrected chi connectivity index (χ4v) is 2.77. The molecule has 0 aromatic heterocycles. The van der Waals surface area contributed by atoms with E-state index in [2.05, 4.69) is 5.32 Å². The number of hydrogen-bond acceptors (Lipinski definition) is 4. The van der Waals surface area contributed by atoms with Crippen molar-refractivity contribution in [3.05, 3.63) is 74.8 Å². The number of nitro benzene ring substituents is 1. The Balaban J connectivity index is 1.97. The number of benzene rings is 2. The molecular formula is C18H20ClN3O3. The van der Waals surface area contributed by atoms with Gasteiger partial charge < -0.3 is 10.2 Å². The predicted molar refractivity (Wildman–Crippen MR) is 97.7 cm³/mol. The largest absolute Gasteiger partial charge is 0.354 e. The van der Waals surface area contributed by atoms with Crippen LogP contribution in [0.4, 0.5) is 5.69 Å². The molecule has 0 heterocycles. The summed E-state index contributed by atoms with van der Waals surface area (Å²) in [5.74, 6) is -0.146. The molecule has 0 saturated carbocycles. The maximum atomic E-state index is 12.2. The Hall–Kier alpha value is -2.44. The van der Waals surface area contributed by atoms with Gasteiger partial charge in [-0.1, -0.05) is 41.9 Å². The Labute approximate surface area is 151 Å². The molecule has 1 unspecified atom stereocenters. The lowest BCUT2D eigenvalue weighted by Gasteiger charge is -2.26. The quantitative estimate of drug-likeness (QED) is 0.607. The number of carbonyl (C=O) groups is 1. The minimum Gasteiger partial charge on any atom is -0.354 e. The zero-order valence-corrected chi connectivity index (χ0v) is 14.9. The van der Waals surface area contributed by atoms with Crippen molar-refractivity contribution in [3.8, 4) is 0 Å². The number of halogens is 1. The zero-order chi connectivity index (χ0) is 18.4. The van der Waals surface area contributed by atoms with Crippen LogP contribution in [-0.4, -0.2) is 36.4 Å². The van der Waals surface area contributed by atoms with Crippen LogP contribution in [0.15, 0.2) is 48.5 Å². The molecular weight excluding hydrogens is 342 g/mol. The molecule has 0 aliphatic carbocycles. The number of carbonyl (C=O) groups excluding carboxylic acids is 1. The Bertz CT molecular complexity index is 747. The molecule has 0 fully saturated rings. The summed E-state index contributed by atoms with van der Waals surface area (Å²) in [5, 5.41) is 14.2. The molecule has 25 heavy (non-hydrogen) atoms. The van der Waals surface area contributed by atoms with E-state index in [1.807, 2.05) is 43.3 Å². The number of nitro groups is 1. The molecule has 0 aliphatic rings. The molecule has 2 aromatic rings. The van der Waals surface area contributed by atoms with Crippen LogP contribution in [-0.2, 0) is 11.2 Å². The molecule has 6 nitrogen and oxygen atoms in total. The summed E-state index contributed by atoms with van der Waals surface area (Å²) in [5.41, 5.74) is 1.68. The lowest BCUT2D eigenvalue weighted by atomic mass is 10.1. The SMILES string of the molecule is CN(C)C(CNC(=O)Cc1ccc([N+](=O)[O-])cc1)c1ccccc1Cl. The lowest BCUT2D eigenvalue weighted by Crippen LogP contribution is -2.35. The van der Waals surface area contributed by atoms with Gasteiger partial charge in [-0.2, -0.15) is 0 Å². The molecule has 2 aromatic carbocycles. The van der Waals surface area contributed by atoms with Gasteiger partial charge in [0.05, 0.1) is 17.4 Å². The van der Waals surface area contributed by atoms with Crippen molar-refractivity contribution in [2.75, 3.05) is 20.6 Å². The molecule has 1 N–H and O–H groups in total. The fraction of sp³-hybridized carbons (Fsp3) is 0.278. The van der Waals surface area contributed by atoms with Crippen molar-refractivity contribution < 1.29 is 9.72 Å². The normalized spacial score (nSPS) is 12.0. The van der Waals surface area contributed by atoms with Crippen LogP contribution in [0.25, 0.3) is 0 Å². The summed E-state index contributed by atoms with van der Waals surface area (Å²) in [6, 6.07) is 13.5. The molecule has 0 bridgehead atoms. The molecule has 2 rings (SSSR count). The van der Waals surface area contributed by atoms with E-state index >= 15 is 0 Å². The molecule has 1 amide bonds. The predicted octanol–water partition coefficient (Wildman–Crippen LogP) is 3.21. The van der Waals surface area contributed by atoms with Crippen molar-refractivity contribution in [1.29, 1.82) is 0 Å². The summed E-state index contributed by atoms with van der Waals surface area (Å²) < 4.78 is 0. The molecule has 1 atom stereocenters. The Morgan fingerprint density at radius 1 is 1.20 bits per heavy atom. The van der Waals surface area contributed by atoms with Crippen LogP contribution in [0.3, 0.4) is 0 Å². The van der Waals surface area contributed by atoms with Gasteiger partial charge in [-0.15, -0.1) is 0 Å². The summed E-state index contributed by atoms with van der Waals surface area (Å²) >= 11 is 6.25. The van der Waals surface area contributed by atoms with Gasteiger partial charge in [0.1, 0.15) is 0 Å². The number of hydrogen-bond donors (Lipinski definition) is 1. The topological polar surface area (TPSA) is 75.5 Å². The van der Waals surface area contributed by atoms with Crippen LogP contribution < -0.4 is 5.32 Å². The van der Waals surface area contributed by atoms with E-state index in [-0.39, 0.29) is 24.1 Å². The highest BCUT2D eigenvalue weighted by Crippen LogP contribution is 2.25. The molecule has 0 radical (unpaired) electrons. The van der Waals surface area contributed by atoms with Crippen molar-refractivity contribution >= 4 is 23.2 Å². The van der Waals surface area contributed by atoms with Gasteiger partial charge in [0, 0.05) is 23.7 Å². The van der Waals surface area contributed by atoms with Crippen LogP contribution in [0, 0.1) is 10.1 Å². The first-order chi connectivity index (χ1) is 11.9. The van der Waals surface area contributed by atoms with E-state index in [1.54, 1.807) is 12.1 Å². The van der Waals surface area contributed by atoms with Gasteiger partial charge in [-0.05, 0) is 31.3 Å². The molecule has 0 aliphatic heterocycles. The van der Waals surface area contributed by atoms with Crippen LogP contribution in [0.5, 0.6) is 0 Å². The number of nitrogens with zero attached hydrogens (tertiary/aromatic N) is 2. The second kappa shape index (κ2) is 8.60. The monoisotopic (exact) mass is 361 g/mol. The van der Waals surface area contributed by atoms with E-state index in [0.29, 0.717) is 11.6 Å². The minimum absolute atomic E-state index is 0.00977. The second-order valence-corrected chi connectivity index (χ2v) is 6.31. The van der Waals surface area contributed by atoms with E-state index in [4.69, 9.17) is 11.6 Å². The number of nitrogens with one attached hydrogen (secondary N) is 1. The number of rotatable bonds is 7. The standard InChI is InChI=1S/C18H20ClN3O3/c1-21(2)17(15-5-3-4-6-16(15)19)12-20-18(23)11-13-7-9-14(10-8-13)22(24)25/h3-10,17H,11-12H2,1-2H3,(H,20,23). The van der Waals surface area contributed by atoms with Gasteiger partial charge in [0.15, 0.2) is 0 Å². The van der Waals surface area contributed by atoms with E-state index in [1.165, 1.54) is 12.1 Å². The third-order valence-electron chi connectivity index (χ3n) is 3.89. The third-order valence-corrected chi connectivity index (χ3v) is 4.24. The first-order valence-corrected chi connectivity index (χ1v) is 8.17. The Morgan fingerprint density at radius 2 is 1.84 bits per heavy atom. The Kier molecular flexibility index (Phi) is 6.50. The minimum atomic E-state index is -0.463. The van der Waals surface area contributed by atoms with Crippen molar-refractivity contribution in [2.45, 2.75) is 12.5 Å². The second-order valence-electron chi connectivity index (χ2n) is 5.91. The maximum Gasteiger partial charge on any atom is 0.269 e. The van der Waals surface area contributed by atoms with Crippen molar-refractivity contribution in [3.63, 3.8) is 0 Å². The van der Waals surface area contributed by atoms with Crippen LogP contribution >= 0.6 is 11.6 Å². The summed E-state index contributed by atoms with van der Waals surface area (Å²) in [7, 11) is 3.85. The van der Waals surface area contributed by atoms with Gasteiger partial charge in [-0.3, -0.25) is 14.9 Å². The van der Waals surface area contributed by atoms with Crippen LogP contribution in [0.1, 0.15) is 17.2 Å². The fourth-order valence-electron chi connectivity index (χ4n) is 2.51. The number of likely N-dealkylation sites (N-methyl/N-ethyl adjacent to an activating group) is 1. The highest BCUT2D eigenvalue weighted by Gasteiger charge is 2.18. The molecule has 0 spiro atoms. The van der Waals surface area contributed by atoms with Crippen molar-refractivity contribution in [1.82, 2.24) is 10.2 Å². The van der Waals surface area contributed by atoms with E-state index in [0.717, 1.165) is 11.1 Å². The highest BCUT2D eigenvalue weighted by atomic mass is 35.5. The van der Waals surface area contributed by atoms with E-state index < -0.39 is 4.92 Å².